The standard InChI is InChI=1S/C14H15NO2/c1-11-6-5-9-15(11)13(14(16)17)10-12-7-3-2-4-8-12/h2-9,13H,10H2,1H3,(H,16,17)/t13-/m0/s1. The maximum absolute atomic E-state index is 11.3. The van der Waals surface area contributed by atoms with Crippen molar-refractivity contribution in [2.45, 2.75) is 19.4 Å². The van der Waals surface area contributed by atoms with E-state index in [-0.39, 0.29) is 0 Å². The molecule has 2 aromatic rings. The lowest BCUT2D eigenvalue weighted by Crippen LogP contribution is -2.21. The Bertz CT molecular complexity index is 502. The van der Waals surface area contributed by atoms with Crippen molar-refractivity contribution in [2.75, 3.05) is 0 Å². The summed E-state index contributed by atoms with van der Waals surface area (Å²) in [5.41, 5.74) is 2.00. The number of carbonyl (C=O) groups is 1. The first-order valence-electron chi connectivity index (χ1n) is 5.58. The third-order valence-electron chi connectivity index (χ3n) is 2.88. The molecular formula is C14H15NO2. The molecule has 3 heteroatoms. The summed E-state index contributed by atoms with van der Waals surface area (Å²) in [4.78, 5) is 11.3. The van der Waals surface area contributed by atoms with Crippen LogP contribution in [0.5, 0.6) is 0 Å². The molecule has 0 bridgehead atoms. The fourth-order valence-corrected chi connectivity index (χ4v) is 1.97. The summed E-state index contributed by atoms with van der Waals surface area (Å²) >= 11 is 0. The van der Waals surface area contributed by atoms with Crippen LogP contribution in [0.4, 0.5) is 0 Å². The molecule has 0 fully saturated rings. The third-order valence-corrected chi connectivity index (χ3v) is 2.88. The zero-order valence-corrected chi connectivity index (χ0v) is 9.71. The third kappa shape index (κ3) is 2.56. The van der Waals surface area contributed by atoms with E-state index in [0.717, 1.165) is 11.3 Å². The predicted molar refractivity (Wildman–Crippen MR) is 66.0 cm³/mol. The van der Waals surface area contributed by atoms with Gasteiger partial charge in [-0.15, -0.1) is 0 Å². The van der Waals surface area contributed by atoms with Crippen molar-refractivity contribution >= 4 is 5.97 Å². The van der Waals surface area contributed by atoms with E-state index in [1.165, 1.54) is 0 Å². The zero-order chi connectivity index (χ0) is 12.3. The molecule has 3 nitrogen and oxygen atoms in total. The van der Waals surface area contributed by atoms with Crippen LogP contribution in [0.25, 0.3) is 0 Å². The van der Waals surface area contributed by atoms with E-state index in [9.17, 15) is 9.90 Å². The number of aliphatic carboxylic acids is 1. The van der Waals surface area contributed by atoms with Gasteiger partial charge in [0.05, 0.1) is 0 Å². The molecule has 0 aliphatic carbocycles. The van der Waals surface area contributed by atoms with Gasteiger partial charge in [-0.1, -0.05) is 30.3 Å². The molecule has 0 unspecified atom stereocenters. The number of hydrogen-bond donors (Lipinski definition) is 1. The highest BCUT2D eigenvalue weighted by atomic mass is 16.4. The van der Waals surface area contributed by atoms with Crippen molar-refractivity contribution in [3.05, 3.63) is 59.9 Å². The summed E-state index contributed by atoms with van der Waals surface area (Å²) in [6.07, 6.45) is 2.32. The largest absolute Gasteiger partial charge is 0.480 e. The van der Waals surface area contributed by atoms with Crippen LogP contribution in [0, 0.1) is 6.92 Å². The molecule has 0 aliphatic rings. The van der Waals surface area contributed by atoms with E-state index >= 15 is 0 Å². The summed E-state index contributed by atoms with van der Waals surface area (Å²) in [6, 6.07) is 12.9. The smallest absolute Gasteiger partial charge is 0.327 e. The topological polar surface area (TPSA) is 42.2 Å². The second-order valence-electron chi connectivity index (χ2n) is 4.10. The maximum Gasteiger partial charge on any atom is 0.327 e. The van der Waals surface area contributed by atoms with Crippen LogP contribution in [-0.4, -0.2) is 15.6 Å². The van der Waals surface area contributed by atoms with Crippen molar-refractivity contribution in [2.24, 2.45) is 0 Å². The van der Waals surface area contributed by atoms with E-state index in [1.54, 1.807) is 4.57 Å². The van der Waals surface area contributed by atoms with Gasteiger partial charge in [0, 0.05) is 18.3 Å². The minimum absolute atomic E-state index is 0.506. The Hall–Kier alpha value is -2.03. The van der Waals surface area contributed by atoms with Crippen LogP contribution in [0.3, 0.4) is 0 Å². The molecule has 1 aromatic carbocycles. The molecule has 0 aliphatic heterocycles. The number of hydrogen-bond acceptors (Lipinski definition) is 1. The van der Waals surface area contributed by atoms with Crippen molar-refractivity contribution in [3.63, 3.8) is 0 Å². The van der Waals surface area contributed by atoms with Gasteiger partial charge in [0.2, 0.25) is 0 Å². The number of aryl methyl sites for hydroxylation is 1. The quantitative estimate of drug-likeness (QED) is 0.875. The summed E-state index contributed by atoms with van der Waals surface area (Å²) in [5.74, 6) is -0.798. The molecule has 1 atom stereocenters. The van der Waals surface area contributed by atoms with Gasteiger partial charge < -0.3 is 9.67 Å². The molecule has 0 saturated heterocycles. The number of carboxylic acids is 1. The molecule has 17 heavy (non-hydrogen) atoms. The highest BCUT2D eigenvalue weighted by molar-refractivity contribution is 5.72. The van der Waals surface area contributed by atoms with E-state index in [4.69, 9.17) is 0 Å². The monoisotopic (exact) mass is 229 g/mol. The molecule has 1 N–H and O–H groups in total. The molecule has 0 saturated carbocycles. The molecule has 1 heterocycles. The molecule has 0 spiro atoms. The van der Waals surface area contributed by atoms with E-state index in [1.807, 2.05) is 55.6 Å². The van der Waals surface area contributed by atoms with Crippen LogP contribution in [0.15, 0.2) is 48.7 Å². The summed E-state index contributed by atoms with van der Waals surface area (Å²) < 4.78 is 1.80. The van der Waals surface area contributed by atoms with Gasteiger partial charge in [-0.25, -0.2) is 4.79 Å². The van der Waals surface area contributed by atoms with Crippen molar-refractivity contribution in [1.29, 1.82) is 0 Å². The lowest BCUT2D eigenvalue weighted by Gasteiger charge is -2.16. The van der Waals surface area contributed by atoms with Gasteiger partial charge in [-0.05, 0) is 24.6 Å². The fourth-order valence-electron chi connectivity index (χ4n) is 1.97. The average molecular weight is 229 g/mol. The summed E-state index contributed by atoms with van der Waals surface area (Å²) in [5, 5.41) is 9.31. The molecule has 1 aromatic heterocycles. The highest BCUT2D eigenvalue weighted by Gasteiger charge is 2.20. The van der Waals surface area contributed by atoms with E-state index in [2.05, 4.69) is 0 Å². The lowest BCUT2D eigenvalue weighted by atomic mass is 10.1. The lowest BCUT2D eigenvalue weighted by molar-refractivity contribution is -0.140. The molecular weight excluding hydrogens is 214 g/mol. The van der Waals surface area contributed by atoms with Crippen molar-refractivity contribution in [3.8, 4) is 0 Å². The highest BCUT2D eigenvalue weighted by Crippen LogP contribution is 2.17. The minimum atomic E-state index is -0.798. The van der Waals surface area contributed by atoms with Gasteiger partial charge in [0.1, 0.15) is 6.04 Å². The molecule has 0 amide bonds. The fraction of sp³-hybridized carbons (Fsp3) is 0.214. The zero-order valence-electron chi connectivity index (χ0n) is 9.71. The Labute approximate surface area is 100 Å². The van der Waals surface area contributed by atoms with Crippen LogP contribution < -0.4 is 0 Å². The average Bonchev–Trinajstić information content (AvgIpc) is 2.73. The van der Waals surface area contributed by atoms with Crippen LogP contribution in [0.2, 0.25) is 0 Å². The minimum Gasteiger partial charge on any atom is -0.480 e. The Morgan fingerprint density at radius 2 is 1.94 bits per heavy atom. The number of aromatic nitrogens is 1. The first kappa shape index (κ1) is 11.5. The molecule has 0 radical (unpaired) electrons. The van der Waals surface area contributed by atoms with Gasteiger partial charge in [-0.2, -0.15) is 0 Å². The SMILES string of the molecule is Cc1cccn1[C@@H](Cc1ccccc1)C(=O)O. The Morgan fingerprint density at radius 3 is 2.47 bits per heavy atom. The number of benzene rings is 1. The molecule has 2 rings (SSSR count). The second kappa shape index (κ2) is 4.87. The Balaban J connectivity index is 2.26. The summed E-state index contributed by atoms with van der Waals surface area (Å²) in [7, 11) is 0. The Kier molecular flexibility index (Phi) is 3.28. The first-order chi connectivity index (χ1) is 8.18. The number of rotatable bonds is 4. The number of carboxylic acid groups (broad SMARTS) is 1. The number of nitrogens with zero attached hydrogens (tertiary/aromatic N) is 1. The summed E-state index contributed by atoms with van der Waals surface area (Å²) in [6.45, 7) is 1.92. The van der Waals surface area contributed by atoms with Gasteiger partial charge in [0.15, 0.2) is 0 Å². The predicted octanol–water partition coefficient (Wildman–Crippen LogP) is 2.66. The van der Waals surface area contributed by atoms with Crippen LogP contribution >= 0.6 is 0 Å². The van der Waals surface area contributed by atoms with E-state index < -0.39 is 12.0 Å². The molecule has 88 valence electrons. The van der Waals surface area contributed by atoms with E-state index in [0.29, 0.717) is 6.42 Å². The second-order valence-corrected chi connectivity index (χ2v) is 4.10. The normalized spacial score (nSPS) is 12.3. The van der Waals surface area contributed by atoms with Crippen molar-refractivity contribution in [1.82, 2.24) is 4.57 Å². The van der Waals surface area contributed by atoms with Crippen LogP contribution in [0.1, 0.15) is 17.3 Å². The first-order valence-corrected chi connectivity index (χ1v) is 5.58. The Morgan fingerprint density at radius 1 is 1.24 bits per heavy atom. The van der Waals surface area contributed by atoms with Gasteiger partial charge >= 0.3 is 5.97 Å². The van der Waals surface area contributed by atoms with Crippen LogP contribution in [-0.2, 0) is 11.2 Å². The maximum atomic E-state index is 11.3. The van der Waals surface area contributed by atoms with Crippen molar-refractivity contribution < 1.29 is 9.90 Å². The van der Waals surface area contributed by atoms with Gasteiger partial charge in [-0.3, -0.25) is 0 Å². The van der Waals surface area contributed by atoms with Gasteiger partial charge in [0.25, 0.3) is 0 Å².